The average Bonchev–Trinajstić information content (AvgIpc) is 2.47. The lowest BCUT2D eigenvalue weighted by molar-refractivity contribution is 0.168. The molecule has 2 atom stereocenters. The minimum absolute atomic E-state index is 0.283. The van der Waals surface area contributed by atoms with Gasteiger partial charge in [0, 0.05) is 19.6 Å². The Kier molecular flexibility index (Phi) is 3.21. The highest BCUT2D eigenvalue weighted by molar-refractivity contribution is 5.30. The van der Waals surface area contributed by atoms with Crippen LogP contribution in [0.15, 0.2) is 6.20 Å². The number of hydrogen-bond donors (Lipinski definition) is 3. The normalized spacial score (nSPS) is 15.4. The maximum absolute atomic E-state index is 9.12. The molecule has 74 valence electrons. The number of nitrogens with zero attached hydrogens (tertiary/aromatic N) is 3. The van der Waals surface area contributed by atoms with E-state index in [1.54, 1.807) is 24.9 Å². The van der Waals surface area contributed by atoms with E-state index in [1.807, 2.05) is 0 Å². The van der Waals surface area contributed by atoms with Gasteiger partial charge in [-0.05, 0) is 6.92 Å². The molecule has 13 heavy (non-hydrogen) atoms. The number of aliphatic hydroxyl groups excluding tert-OH is 1. The van der Waals surface area contributed by atoms with Gasteiger partial charge in [-0.2, -0.15) is 0 Å². The fraction of sp³-hybridized carbons (Fsp3) is 0.714. The molecule has 0 fully saturated rings. The van der Waals surface area contributed by atoms with Crippen molar-refractivity contribution in [3.05, 3.63) is 6.20 Å². The molecule has 0 radical (unpaired) electrons. The molecule has 1 heterocycles. The summed E-state index contributed by atoms with van der Waals surface area (Å²) in [6, 6.07) is -0.283. The van der Waals surface area contributed by atoms with E-state index in [0.29, 0.717) is 6.54 Å². The summed E-state index contributed by atoms with van der Waals surface area (Å²) in [6.45, 7) is 2.16. The molecule has 6 heteroatoms. The van der Waals surface area contributed by atoms with Crippen molar-refractivity contribution in [1.29, 1.82) is 0 Å². The number of aliphatic hydroxyl groups is 1. The van der Waals surface area contributed by atoms with Gasteiger partial charge in [0.05, 0.1) is 12.3 Å². The van der Waals surface area contributed by atoms with Crippen molar-refractivity contribution in [2.24, 2.45) is 12.8 Å². The van der Waals surface area contributed by atoms with Crippen molar-refractivity contribution in [3.63, 3.8) is 0 Å². The molecule has 1 rings (SSSR count). The van der Waals surface area contributed by atoms with Crippen molar-refractivity contribution < 1.29 is 5.11 Å². The van der Waals surface area contributed by atoms with Crippen LogP contribution in [0.5, 0.6) is 0 Å². The number of aryl methyl sites for hydroxylation is 1. The largest absolute Gasteiger partial charge is 0.392 e. The number of aromatic nitrogens is 3. The molecule has 1 aromatic rings. The molecule has 0 aliphatic rings. The zero-order valence-corrected chi connectivity index (χ0v) is 7.81. The van der Waals surface area contributed by atoms with Gasteiger partial charge in [-0.25, -0.2) is 4.68 Å². The van der Waals surface area contributed by atoms with Crippen molar-refractivity contribution >= 4 is 5.82 Å². The van der Waals surface area contributed by atoms with Crippen molar-refractivity contribution in [2.45, 2.75) is 19.1 Å². The smallest absolute Gasteiger partial charge is 0.144 e. The summed E-state index contributed by atoms with van der Waals surface area (Å²) in [5.41, 5.74) is 5.62. The zero-order valence-electron chi connectivity index (χ0n) is 7.81. The summed E-state index contributed by atoms with van der Waals surface area (Å²) >= 11 is 0. The van der Waals surface area contributed by atoms with Gasteiger partial charge in [0.2, 0.25) is 0 Å². The minimum atomic E-state index is -0.520. The summed E-state index contributed by atoms with van der Waals surface area (Å²) in [6.07, 6.45) is 1.09. The number of nitrogens with one attached hydrogen (secondary N) is 1. The molecule has 0 saturated carbocycles. The van der Waals surface area contributed by atoms with E-state index in [9.17, 15) is 0 Å². The lowest BCUT2D eigenvalue weighted by Crippen LogP contribution is -2.38. The zero-order chi connectivity index (χ0) is 9.84. The second kappa shape index (κ2) is 4.20. The van der Waals surface area contributed by atoms with Gasteiger partial charge in [0.1, 0.15) is 5.82 Å². The monoisotopic (exact) mass is 185 g/mol. The highest BCUT2D eigenvalue weighted by atomic mass is 16.3. The molecule has 0 saturated heterocycles. The van der Waals surface area contributed by atoms with E-state index in [2.05, 4.69) is 15.6 Å². The van der Waals surface area contributed by atoms with Gasteiger partial charge >= 0.3 is 0 Å². The second-order valence-corrected chi connectivity index (χ2v) is 3.03. The Morgan fingerprint density at radius 3 is 2.92 bits per heavy atom. The summed E-state index contributed by atoms with van der Waals surface area (Å²) in [4.78, 5) is 0. The SMILES string of the molecule is CC(O)C(N)CNc1cnnn1C. The molecule has 0 aliphatic carbocycles. The van der Waals surface area contributed by atoms with Crippen LogP contribution in [0.2, 0.25) is 0 Å². The molecule has 4 N–H and O–H groups in total. The Hall–Kier alpha value is -1.14. The van der Waals surface area contributed by atoms with Crippen LogP contribution in [0.25, 0.3) is 0 Å². The first-order valence-corrected chi connectivity index (χ1v) is 4.13. The van der Waals surface area contributed by atoms with Gasteiger partial charge in [-0.15, -0.1) is 5.10 Å². The van der Waals surface area contributed by atoms with Gasteiger partial charge in [0.15, 0.2) is 0 Å². The number of rotatable bonds is 4. The Morgan fingerprint density at radius 2 is 2.46 bits per heavy atom. The van der Waals surface area contributed by atoms with E-state index in [1.165, 1.54) is 0 Å². The molecule has 0 aliphatic heterocycles. The third-order valence-corrected chi connectivity index (χ3v) is 1.85. The fourth-order valence-corrected chi connectivity index (χ4v) is 0.843. The Morgan fingerprint density at radius 1 is 1.77 bits per heavy atom. The van der Waals surface area contributed by atoms with E-state index in [0.717, 1.165) is 5.82 Å². The lowest BCUT2D eigenvalue weighted by atomic mass is 10.2. The van der Waals surface area contributed by atoms with Crippen molar-refractivity contribution in [2.75, 3.05) is 11.9 Å². The van der Waals surface area contributed by atoms with Gasteiger partial charge in [-0.3, -0.25) is 0 Å². The van der Waals surface area contributed by atoms with Gasteiger partial charge in [0.25, 0.3) is 0 Å². The molecule has 6 nitrogen and oxygen atoms in total. The summed E-state index contributed by atoms with van der Waals surface area (Å²) < 4.78 is 1.61. The first kappa shape index (κ1) is 9.94. The molecular formula is C7H15N5O. The maximum Gasteiger partial charge on any atom is 0.144 e. The van der Waals surface area contributed by atoms with E-state index < -0.39 is 6.10 Å². The first-order chi connectivity index (χ1) is 6.11. The molecule has 2 unspecified atom stereocenters. The topological polar surface area (TPSA) is 89.0 Å². The highest BCUT2D eigenvalue weighted by Gasteiger charge is 2.09. The minimum Gasteiger partial charge on any atom is -0.392 e. The number of anilines is 1. The number of nitrogens with two attached hydrogens (primary N) is 1. The predicted molar refractivity (Wildman–Crippen MR) is 49.1 cm³/mol. The van der Waals surface area contributed by atoms with Crippen molar-refractivity contribution in [3.8, 4) is 0 Å². The molecular weight excluding hydrogens is 170 g/mol. The molecule has 1 aromatic heterocycles. The Bertz CT molecular complexity index is 259. The van der Waals surface area contributed by atoms with E-state index in [-0.39, 0.29) is 6.04 Å². The second-order valence-electron chi connectivity index (χ2n) is 3.03. The predicted octanol–water partition coefficient (Wildman–Crippen LogP) is -1.06. The first-order valence-electron chi connectivity index (χ1n) is 4.13. The summed E-state index contributed by atoms with van der Waals surface area (Å²) in [5, 5.41) is 19.6. The van der Waals surface area contributed by atoms with Crippen LogP contribution in [-0.2, 0) is 7.05 Å². The van der Waals surface area contributed by atoms with Crippen LogP contribution in [0.3, 0.4) is 0 Å². The van der Waals surface area contributed by atoms with Crippen LogP contribution in [0.4, 0.5) is 5.82 Å². The fourth-order valence-electron chi connectivity index (χ4n) is 0.843. The average molecular weight is 185 g/mol. The lowest BCUT2D eigenvalue weighted by Gasteiger charge is -2.15. The third kappa shape index (κ3) is 2.67. The standard InChI is InChI=1S/C7H15N5O/c1-5(13)6(8)3-9-7-4-10-11-12(7)2/h4-6,9,13H,3,8H2,1-2H3. The Labute approximate surface area is 76.7 Å². The molecule has 0 bridgehead atoms. The summed E-state index contributed by atoms with van der Waals surface area (Å²) in [5.74, 6) is 0.788. The van der Waals surface area contributed by atoms with Crippen LogP contribution >= 0.6 is 0 Å². The number of hydrogen-bond acceptors (Lipinski definition) is 5. The van der Waals surface area contributed by atoms with Crippen LogP contribution < -0.4 is 11.1 Å². The quantitative estimate of drug-likeness (QED) is 0.556. The van der Waals surface area contributed by atoms with Gasteiger partial charge < -0.3 is 16.2 Å². The maximum atomic E-state index is 9.12. The van der Waals surface area contributed by atoms with E-state index in [4.69, 9.17) is 10.8 Å². The summed E-state index contributed by atoms with van der Waals surface area (Å²) in [7, 11) is 1.78. The van der Waals surface area contributed by atoms with Crippen molar-refractivity contribution in [1.82, 2.24) is 15.0 Å². The van der Waals surface area contributed by atoms with Crippen LogP contribution in [0, 0.1) is 0 Å². The molecule has 0 spiro atoms. The van der Waals surface area contributed by atoms with E-state index >= 15 is 0 Å². The van der Waals surface area contributed by atoms with Crippen LogP contribution in [0.1, 0.15) is 6.92 Å². The Balaban J connectivity index is 2.39. The third-order valence-electron chi connectivity index (χ3n) is 1.85. The molecule has 0 amide bonds. The van der Waals surface area contributed by atoms with Crippen LogP contribution in [-0.4, -0.2) is 38.8 Å². The molecule has 0 aromatic carbocycles. The van der Waals surface area contributed by atoms with Gasteiger partial charge in [-0.1, -0.05) is 5.21 Å². The highest BCUT2D eigenvalue weighted by Crippen LogP contribution is 2.00.